The van der Waals surface area contributed by atoms with Gasteiger partial charge >= 0.3 is 0 Å². The first kappa shape index (κ1) is 17.3. The maximum absolute atomic E-state index is 12.7. The summed E-state index contributed by atoms with van der Waals surface area (Å²) >= 11 is 9.21. The summed E-state index contributed by atoms with van der Waals surface area (Å²) in [7, 11) is 0. The maximum atomic E-state index is 12.7. The second-order valence-electron chi connectivity index (χ2n) is 5.55. The van der Waals surface area contributed by atoms with E-state index in [0.717, 1.165) is 15.0 Å². The largest absolute Gasteiger partial charge is 0.467 e. The van der Waals surface area contributed by atoms with Crippen LogP contribution < -0.4 is 0 Å². The Morgan fingerprint density at radius 2 is 1.96 bits per heavy atom. The highest BCUT2D eigenvalue weighted by Crippen LogP contribution is 2.24. The van der Waals surface area contributed by atoms with Crippen LogP contribution >= 0.6 is 34.3 Å². The number of hydrogen-bond acceptors (Lipinski definition) is 4. The first-order valence-corrected chi connectivity index (χ1v) is 9.71. The minimum Gasteiger partial charge on any atom is -0.467 e. The van der Waals surface area contributed by atoms with Crippen LogP contribution in [0.4, 0.5) is 0 Å². The van der Waals surface area contributed by atoms with Gasteiger partial charge in [-0.3, -0.25) is 4.79 Å². The van der Waals surface area contributed by atoms with Crippen LogP contribution in [0.1, 0.15) is 26.8 Å². The van der Waals surface area contributed by atoms with Crippen molar-refractivity contribution < 1.29 is 9.21 Å². The number of amides is 1. The zero-order valence-electron chi connectivity index (χ0n) is 13.3. The van der Waals surface area contributed by atoms with E-state index in [1.165, 1.54) is 21.1 Å². The molecular weight excluding hydrogens is 362 g/mol. The summed E-state index contributed by atoms with van der Waals surface area (Å²) in [5.74, 6) is 0.928. The Balaban J connectivity index is 1.66. The van der Waals surface area contributed by atoms with Crippen LogP contribution in [0.2, 0.25) is 4.34 Å². The Labute approximate surface area is 154 Å². The van der Waals surface area contributed by atoms with Gasteiger partial charge in [0.1, 0.15) is 5.76 Å². The molecule has 0 radical (unpaired) electrons. The lowest BCUT2D eigenvalue weighted by molar-refractivity contribution is -0.132. The van der Waals surface area contributed by atoms with Crippen LogP contribution in [0.25, 0.3) is 0 Å². The minimum absolute atomic E-state index is 0.127. The van der Waals surface area contributed by atoms with Crippen LogP contribution in [0, 0.1) is 6.92 Å². The predicted octanol–water partition coefficient (Wildman–Crippen LogP) is 5.53. The topological polar surface area (TPSA) is 33.5 Å². The van der Waals surface area contributed by atoms with E-state index in [2.05, 4.69) is 19.1 Å². The van der Waals surface area contributed by atoms with E-state index < -0.39 is 0 Å². The number of rotatable bonds is 7. The van der Waals surface area contributed by atoms with E-state index >= 15 is 0 Å². The number of halogens is 1. The summed E-state index contributed by atoms with van der Waals surface area (Å²) in [5, 5.41) is 0. The van der Waals surface area contributed by atoms with Gasteiger partial charge in [-0.05, 0) is 49.7 Å². The van der Waals surface area contributed by atoms with Gasteiger partial charge < -0.3 is 9.32 Å². The molecule has 6 heteroatoms. The van der Waals surface area contributed by atoms with Crippen molar-refractivity contribution in [2.75, 3.05) is 0 Å². The Morgan fingerprint density at radius 3 is 2.58 bits per heavy atom. The van der Waals surface area contributed by atoms with Gasteiger partial charge in [0.25, 0.3) is 0 Å². The normalized spacial score (nSPS) is 10.9. The van der Waals surface area contributed by atoms with E-state index in [4.69, 9.17) is 16.0 Å². The van der Waals surface area contributed by atoms with Crippen molar-refractivity contribution in [3.8, 4) is 0 Å². The highest BCUT2D eigenvalue weighted by Gasteiger charge is 2.17. The third kappa shape index (κ3) is 4.72. The number of aryl methyl sites for hydroxylation is 2. The molecule has 1 amide bonds. The van der Waals surface area contributed by atoms with Gasteiger partial charge in [-0.2, -0.15) is 0 Å². The molecule has 126 valence electrons. The van der Waals surface area contributed by atoms with Crippen molar-refractivity contribution in [1.82, 2.24) is 4.90 Å². The summed E-state index contributed by atoms with van der Waals surface area (Å²) in [6.07, 6.45) is 2.83. The lowest BCUT2D eigenvalue weighted by atomic mass is 10.2. The molecule has 0 fully saturated rings. The number of nitrogens with zero attached hydrogens (tertiary/aromatic N) is 1. The van der Waals surface area contributed by atoms with Crippen LogP contribution in [-0.4, -0.2) is 10.8 Å². The number of carbonyl (C=O) groups excluding carboxylic acids is 1. The van der Waals surface area contributed by atoms with E-state index in [9.17, 15) is 4.79 Å². The standard InChI is InChI=1S/C18H18ClNO2S2/c1-13-4-5-16(23-13)12-20(11-14-3-2-10-22-14)18(21)9-7-15-6-8-17(19)24-15/h2-6,8,10H,7,9,11-12H2,1H3. The number of hydrogen-bond donors (Lipinski definition) is 0. The predicted molar refractivity (Wildman–Crippen MR) is 99.7 cm³/mol. The van der Waals surface area contributed by atoms with Crippen molar-refractivity contribution in [2.45, 2.75) is 32.9 Å². The lowest BCUT2D eigenvalue weighted by Crippen LogP contribution is -2.29. The molecule has 0 spiro atoms. The number of thiophene rings is 2. The van der Waals surface area contributed by atoms with Crippen molar-refractivity contribution >= 4 is 40.2 Å². The molecule has 3 aromatic heterocycles. The molecule has 0 aliphatic heterocycles. The zero-order chi connectivity index (χ0) is 16.9. The van der Waals surface area contributed by atoms with Crippen LogP contribution in [0.3, 0.4) is 0 Å². The van der Waals surface area contributed by atoms with E-state index in [1.807, 2.05) is 29.2 Å². The molecule has 3 rings (SSSR count). The van der Waals surface area contributed by atoms with Gasteiger partial charge in [-0.15, -0.1) is 22.7 Å². The van der Waals surface area contributed by atoms with E-state index in [1.54, 1.807) is 17.6 Å². The average molecular weight is 380 g/mol. The maximum Gasteiger partial charge on any atom is 0.223 e. The molecule has 24 heavy (non-hydrogen) atoms. The Hall–Kier alpha value is -1.56. The molecule has 0 N–H and O–H groups in total. The van der Waals surface area contributed by atoms with Gasteiger partial charge in [0.2, 0.25) is 5.91 Å². The van der Waals surface area contributed by atoms with Crippen LogP contribution in [-0.2, 0) is 24.3 Å². The quantitative estimate of drug-likeness (QED) is 0.541. The summed E-state index contributed by atoms with van der Waals surface area (Å²) < 4.78 is 6.18. The Kier molecular flexibility index (Phi) is 5.76. The second kappa shape index (κ2) is 8.01. The van der Waals surface area contributed by atoms with Gasteiger partial charge in [0.15, 0.2) is 0 Å². The van der Waals surface area contributed by atoms with Crippen molar-refractivity contribution in [1.29, 1.82) is 0 Å². The monoisotopic (exact) mass is 379 g/mol. The zero-order valence-corrected chi connectivity index (χ0v) is 15.7. The molecule has 0 aliphatic carbocycles. The van der Waals surface area contributed by atoms with Gasteiger partial charge in [0.05, 0.1) is 23.7 Å². The highest BCUT2D eigenvalue weighted by molar-refractivity contribution is 7.16. The smallest absolute Gasteiger partial charge is 0.223 e. The first-order chi connectivity index (χ1) is 11.6. The minimum atomic E-state index is 0.127. The van der Waals surface area contributed by atoms with Gasteiger partial charge in [0, 0.05) is 21.1 Å². The molecule has 0 saturated heterocycles. The molecule has 0 aliphatic rings. The summed E-state index contributed by atoms with van der Waals surface area (Å²) in [5.41, 5.74) is 0. The molecule has 0 saturated carbocycles. The molecular formula is C18H18ClNO2S2. The van der Waals surface area contributed by atoms with Crippen molar-refractivity contribution in [2.24, 2.45) is 0 Å². The molecule has 3 nitrogen and oxygen atoms in total. The summed E-state index contributed by atoms with van der Waals surface area (Å²) in [6, 6.07) is 11.8. The third-order valence-electron chi connectivity index (χ3n) is 3.64. The molecule has 3 heterocycles. The van der Waals surface area contributed by atoms with E-state index in [-0.39, 0.29) is 5.91 Å². The lowest BCUT2D eigenvalue weighted by Gasteiger charge is -2.21. The average Bonchev–Trinajstić information content (AvgIpc) is 3.28. The second-order valence-corrected chi connectivity index (χ2v) is 8.72. The SMILES string of the molecule is Cc1ccc(CN(Cc2ccco2)C(=O)CCc2ccc(Cl)s2)s1. The van der Waals surface area contributed by atoms with Crippen LogP contribution in [0.5, 0.6) is 0 Å². The van der Waals surface area contributed by atoms with E-state index in [0.29, 0.717) is 25.9 Å². The molecule has 0 bridgehead atoms. The molecule has 0 aromatic carbocycles. The fourth-order valence-corrected chi connectivity index (χ4v) is 4.45. The fraction of sp³-hybridized carbons (Fsp3) is 0.278. The highest BCUT2D eigenvalue weighted by atomic mass is 35.5. The molecule has 3 aromatic rings. The third-order valence-corrected chi connectivity index (χ3v) is 5.91. The Morgan fingerprint density at radius 1 is 1.12 bits per heavy atom. The van der Waals surface area contributed by atoms with Gasteiger partial charge in [-0.25, -0.2) is 0 Å². The van der Waals surface area contributed by atoms with Crippen molar-refractivity contribution in [3.05, 3.63) is 67.4 Å². The molecule has 0 atom stereocenters. The summed E-state index contributed by atoms with van der Waals surface area (Å²) in [6.45, 7) is 3.19. The molecule has 0 unspecified atom stereocenters. The van der Waals surface area contributed by atoms with Crippen molar-refractivity contribution in [3.63, 3.8) is 0 Å². The fourth-order valence-electron chi connectivity index (χ4n) is 2.46. The number of furan rings is 1. The van der Waals surface area contributed by atoms with Crippen LogP contribution in [0.15, 0.2) is 47.1 Å². The first-order valence-electron chi connectivity index (χ1n) is 7.70. The Bertz CT molecular complexity index is 792. The number of carbonyl (C=O) groups is 1. The summed E-state index contributed by atoms with van der Waals surface area (Å²) in [4.78, 5) is 18.2. The van der Waals surface area contributed by atoms with Gasteiger partial charge in [-0.1, -0.05) is 11.6 Å².